The van der Waals surface area contributed by atoms with E-state index in [1.807, 2.05) is 0 Å². The van der Waals surface area contributed by atoms with Gasteiger partial charge in [0, 0.05) is 6.04 Å². The summed E-state index contributed by atoms with van der Waals surface area (Å²) in [6, 6.07) is 1.14. The van der Waals surface area contributed by atoms with Crippen molar-refractivity contribution in [2.24, 2.45) is 11.7 Å². The Balaban J connectivity index is 1.97. The third kappa shape index (κ3) is 2.75. The van der Waals surface area contributed by atoms with Crippen molar-refractivity contribution in [3.63, 3.8) is 0 Å². The summed E-state index contributed by atoms with van der Waals surface area (Å²) in [7, 11) is 0. The molecular formula is C13H24N2S. The van der Waals surface area contributed by atoms with E-state index in [0.29, 0.717) is 6.04 Å². The fourth-order valence-electron chi connectivity index (χ4n) is 3.27. The second-order valence-corrected chi connectivity index (χ2v) is 6.04. The lowest BCUT2D eigenvalue weighted by Gasteiger charge is -2.43. The van der Waals surface area contributed by atoms with Crippen LogP contribution in [0.4, 0.5) is 0 Å². The minimum Gasteiger partial charge on any atom is -0.392 e. The van der Waals surface area contributed by atoms with E-state index in [0.717, 1.165) is 16.9 Å². The van der Waals surface area contributed by atoms with Crippen molar-refractivity contribution in [3.8, 4) is 0 Å². The normalized spacial score (nSPS) is 37.2. The predicted octanol–water partition coefficient (Wildman–Crippen LogP) is 2.71. The van der Waals surface area contributed by atoms with Gasteiger partial charge < -0.3 is 5.73 Å². The van der Waals surface area contributed by atoms with Gasteiger partial charge in [-0.3, -0.25) is 4.90 Å². The van der Waals surface area contributed by atoms with Crippen molar-refractivity contribution in [1.82, 2.24) is 4.90 Å². The maximum Gasteiger partial charge on any atom is 0.0902 e. The second-order valence-electron chi connectivity index (χ2n) is 5.57. The van der Waals surface area contributed by atoms with E-state index in [2.05, 4.69) is 11.8 Å². The van der Waals surface area contributed by atoms with E-state index >= 15 is 0 Å². The fraction of sp³-hybridized carbons (Fsp3) is 0.923. The first kappa shape index (κ1) is 12.3. The first-order chi connectivity index (χ1) is 7.68. The van der Waals surface area contributed by atoms with Crippen LogP contribution in [-0.2, 0) is 0 Å². The molecule has 1 atom stereocenters. The minimum absolute atomic E-state index is 0.391. The summed E-state index contributed by atoms with van der Waals surface area (Å²) in [5, 5.41) is 0. The highest BCUT2D eigenvalue weighted by Gasteiger charge is 2.32. The van der Waals surface area contributed by atoms with Crippen molar-refractivity contribution in [2.45, 2.75) is 64.0 Å². The molecule has 3 heteroatoms. The van der Waals surface area contributed by atoms with Gasteiger partial charge in [-0.2, -0.15) is 0 Å². The van der Waals surface area contributed by atoms with Gasteiger partial charge in [-0.1, -0.05) is 25.6 Å². The number of hydrogen-bond acceptors (Lipinski definition) is 2. The van der Waals surface area contributed by atoms with Crippen molar-refractivity contribution >= 4 is 17.2 Å². The molecule has 0 aromatic rings. The first-order valence-electron chi connectivity index (χ1n) is 6.73. The number of thiocarbonyl (C=S) groups is 1. The van der Waals surface area contributed by atoms with Gasteiger partial charge in [0.05, 0.1) is 11.0 Å². The SMILES string of the molecule is CC1CCC(N2CCCCC2C(N)=S)CC1. The molecule has 2 N–H and O–H groups in total. The number of piperidine rings is 1. The summed E-state index contributed by atoms with van der Waals surface area (Å²) < 4.78 is 0. The summed E-state index contributed by atoms with van der Waals surface area (Å²) in [5.41, 5.74) is 5.88. The monoisotopic (exact) mass is 240 g/mol. The van der Waals surface area contributed by atoms with Crippen LogP contribution in [0, 0.1) is 5.92 Å². The average molecular weight is 240 g/mol. The van der Waals surface area contributed by atoms with Crippen LogP contribution in [0.3, 0.4) is 0 Å². The van der Waals surface area contributed by atoms with Crippen molar-refractivity contribution in [3.05, 3.63) is 0 Å². The molecule has 2 aliphatic rings. The Morgan fingerprint density at radius 2 is 1.81 bits per heavy atom. The summed E-state index contributed by atoms with van der Waals surface area (Å²) in [6.07, 6.45) is 9.26. The van der Waals surface area contributed by atoms with Crippen LogP contribution in [0.15, 0.2) is 0 Å². The standard InChI is InChI=1S/C13H24N2S/c1-10-5-7-11(8-6-10)15-9-3-2-4-12(15)13(14)16/h10-12H,2-9H2,1H3,(H2,14,16). The fourth-order valence-corrected chi connectivity index (χ4v) is 3.52. The molecule has 2 nitrogen and oxygen atoms in total. The number of rotatable bonds is 2. The van der Waals surface area contributed by atoms with Crippen LogP contribution in [0.25, 0.3) is 0 Å². The quantitative estimate of drug-likeness (QED) is 0.753. The first-order valence-corrected chi connectivity index (χ1v) is 7.14. The highest BCUT2D eigenvalue weighted by atomic mass is 32.1. The van der Waals surface area contributed by atoms with Gasteiger partial charge in [0.2, 0.25) is 0 Å². The molecule has 92 valence electrons. The molecule has 16 heavy (non-hydrogen) atoms. The smallest absolute Gasteiger partial charge is 0.0902 e. The molecule has 0 aromatic carbocycles. The van der Waals surface area contributed by atoms with Gasteiger partial charge in [-0.05, 0) is 51.0 Å². The van der Waals surface area contributed by atoms with Crippen molar-refractivity contribution in [1.29, 1.82) is 0 Å². The molecule has 2 rings (SSSR count). The number of nitrogens with two attached hydrogens (primary N) is 1. The lowest BCUT2D eigenvalue weighted by atomic mass is 9.85. The Kier molecular flexibility index (Phi) is 4.20. The highest BCUT2D eigenvalue weighted by Crippen LogP contribution is 2.31. The predicted molar refractivity (Wildman–Crippen MR) is 72.6 cm³/mol. The summed E-state index contributed by atoms with van der Waals surface area (Å²) in [4.78, 5) is 3.33. The number of hydrogen-bond donors (Lipinski definition) is 1. The van der Waals surface area contributed by atoms with E-state index < -0.39 is 0 Å². The van der Waals surface area contributed by atoms with Crippen LogP contribution < -0.4 is 5.73 Å². The van der Waals surface area contributed by atoms with Crippen molar-refractivity contribution in [2.75, 3.05) is 6.54 Å². The largest absolute Gasteiger partial charge is 0.392 e. The Morgan fingerprint density at radius 1 is 1.12 bits per heavy atom. The zero-order valence-corrected chi connectivity index (χ0v) is 11.1. The van der Waals surface area contributed by atoms with Gasteiger partial charge >= 0.3 is 0 Å². The average Bonchev–Trinajstić information content (AvgIpc) is 2.30. The van der Waals surface area contributed by atoms with E-state index in [9.17, 15) is 0 Å². The van der Waals surface area contributed by atoms with E-state index in [1.165, 1.54) is 51.5 Å². The molecule has 0 bridgehead atoms. The molecule has 1 saturated heterocycles. The molecule has 0 amide bonds. The zero-order valence-electron chi connectivity index (χ0n) is 10.3. The van der Waals surface area contributed by atoms with Crippen molar-refractivity contribution < 1.29 is 0 Å². The molecular weight excluding hydrogens is 216 g/mol. The Labute approximate surface area is 105 Å². The third-order valence-electron chi connectivity index (χ3n) is 4.33. The van der Waals surface area contributed by atoms with Gasteiger partial charge in [0.15, 0.2) is 0 Å². The lowest BCUT2D eigenvalue weighted by Crippen LogP contribution is -2.52. The van der Waals surface area contributed by atoms with Gasteiger partial charge in [-0.15, -0.1) is 0 Å². The Hall–Kier alpha value is -0.150. The Bertz CT molecular complexity index is 246. The molecule has 0 radical (unpaired) electrons. The second kappa shape index (κ2) is 5.46. The van der Waals surface area contributed by atoms with Gasteiger partial charge in [0.1, 0.15) is 0 Å². The van der Waals surface area contributed by atoms with Crippen LogP contribution in [-0.4, -0.2) is 28.5 Å². The molecule has 1 aliphatic heterocycles. The molecule has 0 spiro atoms. The number of likely N-dealkylation sites (tertiary alicyclic amines) is 1. The summed E-state index contributed by atoms with van der Waals surface area (Å²) in [6.45, 7) is 3.58. The molecule has 0 aromatic heterocycles. The molecule has 1 unspecified atom stereocenters. The lowest BCUT2D eigenvalue weighted by molar-refractivity contribution is 0.0942. The topological polar surface area (TPSA) is 29.3 Å². The maximum absolute atomic E-state index is 5.88. The highest BCUT2D eigenvalue weighted by molar-refractivity contribution is 7.80. The minimum atomic E-state index is 0.391. The molecule has 1 heterocycles. The zero-order chi connectivity index (χ0) is 11.5. The molecule has 2 fully saturated rings. The number of nitrogens with zero attached hydrogens (tertiary/aromatic N) is 1. The van der Waals surface area contributed by atoms with Crippen LogP contribution in [0.2, 0.25) is 0 Å². The molecule has 1 aliphatic carbocycles. The van der Waals surface area contributed by atoms with E-state index in [1.54, 1.807) is 0 Å². The summed E-state index contributed by atoms with van der Waals surface area (Å²) in [5.74, 6) is 0.921. The summed E-state index contributed by atoms with van der Waals surface area (Å²) >= 11 is 5.22. The van der Waals surface area contributed by atoms with Crippen LogP contribution >= 0.6 is 12.2 Å². The van der Waals surface area contributed by atoms with E-state index in [-0.39, 0.29) is 0 Å². The van der Waals surface area contributed by atoms with Crippen LogP contribution in [0.5, 0.6) is 0 Å². The van der Waals surface area contributed by atoms with Crippen LogP contribution in [0.1, 0.15) is 51.9 Å². The Morgan fingerprint density at radius 3 is 2.44 bits per heavy atom. The van der Waals surface area contributed by atoms with Gasteiger partial charge in [0.25, 0.3) is 0 Å². The maximum atomic E-state index is 5.88. The third-order valence-corrected chi connectivity index (χ3v) is 4.60. The van der Waals surface area contributed by atoms with Gasteiger partial charge in [-0.25, -0.2) is 0 Å². The molecule has 1 saturated carbocycles. The van der Waals surface area contributed by atoms with E-state index in [4.69, 9.17) is 18.0 Å².